The highest BCUT2D eigenvalue weighted by atomic mass is 127. The normalized spacial score (nSPS) is 16.1. The van der Waals surface area contributed by atoms with E-state index in [0.717, 1.165) is 3.57 Å². The Kier molecular flexibility index (Phi) is 6.13. The Morgan fingerprint density at radius 1 is 1.24 bits per heavy atom. The van der Waals surface area contributed by atoms with Gasteiger partial charge in [0.05, 0.1) is 5.56 Å². The number of hydrogen-bond donors (Lipinski definition) is 1. The van der Waals surface area contributed by atoms with Gasteiger partial charge in [0.25, 0.3) is 11.8 Å². The van der Waals surface area contributed by atoms with Gasteiger partial charge in [0.1, 0.15) is 0 Å². The van der Waals surface area contributed by atoms with Crippen LogP contribution >= 0.6 is 45.8 Å². The third-order valence-corrected chi connectivity index (χ3v) is 4.76. The van der Waals surface area contributed by atoms with Gasteiger partial charge >= 0.3 is 0 Å². The van der Waals surface area contributed by atoms with E-state index in [1.807, 2.05) is 18.2 Å². The number of carbonyl (C=O) groups excluding carboxylic acids is 2. The first-order chi connectivity index (χ1) is 9.99. The molecule has 0 saturated carbocycles. The monoisotopic (exact) mass is 440 g/mol. The number of piperidine rings is 1. The molecule has 0 atom stereocenters. The maximum atomic E-state index is 12.2. The molecule has 1 fully saturated rings. The second-order valence-electron chi connectivity index (χ2n) is 4.85. The zero-order valence-electron chi connectivity index (χ0n) is 11.2. The SMILES string of the molecule is O=C(NC1CCN(C(=O)C(Cl)Cl)CC1)c1ccccc1I. The van der Waals surface area contributed by atoms with E-state index in [9.17, 15) is 9.59 Å². The molecule has 1 aliphatic rings. The van der Waals surface area contributed by atoms with Gasteiger partial charge in [0.15, 0.2) is 4.84 Å². The van der Waals surface area contributed by atoms with Crippen LogP contribution in [0.4, 0.5) is 0 Å². The van der Waals surface area contributed by atoms with Gasteiger partial charge in [-0.15, -0.1) is 0 Å². The van der Waals surface area contributed by atoms with Crippen LogP contribution in [-0.4, -0.2) is 40.7 Å². The van der Waals surface area contributed by atoms with Crippen molar-refractivity contribution in [3.63, 3.8) is 0 Å². The number of amides is 2. The molecule has 2 rings (SSSR count). The largest absolute Gasteiger partial charge is 0.349 e. The molecule has 1 saturated heterocycles. The van der Waals surface area contributed by atoms with E-state index in [1.54, 1.807) is 11.0 Å². The summed E-state index contributed by atoms with van der Waals surface area (Å²) in [6.07, 6.45) is 1.42. The maximum Gasteiger partial charge on any atom is 0.255 e. The number of alkyl halides is 2. The van der Waals surface area contributed by atoms with Crippen molar-refractivity contribution in [1.82, 2.24) is 10.2 Å². The van der Waals surface area contributed by atoms with Gasteiger partial charge in [-0.25, -0.2) is 0 Å². The summed E-state index contributed by atoms with van der Waals surface area (Å²) in [5.41, 5.74) is 0.679. The Hall–Kier alpha value is -0.530. The number of halogens is 3. The third kappa shape index (κ3) is 4.47. The molecule has 114 valence electrons. The molecule has 7 heteroatoms. The molecule has 0 aromatic heterocycles. The highest BCUT2D eigenvalue weighted by molar-refractivity contribution is 14.1. The van der Waals surface area contributed by atoms with Gasteiger partial charge < -0.3 is 10.2 Å². The Balaban J connectivity index is 1.88. The van der Waals surface area contributed by atoms with Crippen molar-refractivity contribution in [3.05, 3.63) is 33.4 Å². The topological polar surface area (TPSA) is 49.4 Å². The molecule has 1 aliphatic heterocycles. The highest BCUT2D eigenvalue weighted by Gasteiger charge is 2.27. The molecule has 4 nitrogen and oxygen atoms in total. The van der Waals surface area contributed by atoms with E-state index in [0.29, 0.717) is 31.5 Å². The first-order valence-electron chi connectivity index (χ1n) is 6.61. The van der Waals surface area contributed by atoms with Gasteiger partial charge in [-0.1, -0.05) is 35.3 Å². The van der Waals surface area contributed by atoms with E-state index in [1.165, 1.54) is 0 Å². The van der Waals surface area contributed by atoms with E-state index in [4.69, 9.17) is 23.2 Å². The molecule has 21 heavy (non-hydrogen) atoms. The Morgan fingerprint density at radius 3 is 2.43 bits per heavy atom. The Labute approximate surface area is 147 Å². The van der Waals surface area contributed by atoms with Gasteiger partial charge in [-0.05, 0) is 47.6 Å². The fourth-order valence-corrected chi connectivity index (χ4v) is 3.20. The van der Waals surface area contributed by atoms with Crippen LogP contribution in [-0.2, 0) is 4.79 Å². The van der Waals surface area contributed by atoms with Crippen molar-refractivity contribution in [2.45, 2.75) is 23.7 Å². The summed E-state index contributed by atoms with van der Waals surface area (Å²) >= 11 is 13.3. The zero-order chi connectivity index (χ0) is 15.4. The van der Waals surface area contributed by atoms with Crippen LogP contribution < -0.4 is 5.32 Å². The van der Waals surface area contributed by atoms with Gasteiger partial charge in [0, 0.05) is 22.7 Å². The molecule has 0 radical (unpaired) electrons. The zero-order valence-corrected chi connectivity index (χ0v) is 14.9. The van der Waals surface area contributed by atoms with Crippen molar-refractivity contribution in [2.75, 3.05) is 13.1 Å². The van der Waals surface area contributed by atoms with E-state index in [-0.39, 0.29) is 17.9 Å². The molecule has 1 aromatic carbocycles. The molecular formula is C14H15Cl2IN2O2. The van der Waals surface area contributed by atoms with Crippen LogP contribution in [0.3, 0.4) is 0 Å². The van der Waals surface area contributed by atoms with Crippen LogP contribution in [0.1, 0.15) is 23.2 Å². The molecule has 2 amide bonds. The minimum absolute atomic E-state index is 0.0710. The fraction of sp³-hybridized carbons (Fsp3) is 0.429. The Bertz CT molecular complexity index is 531. The minimum Gasteiger partial charge on any atom is -0.349 e. The summed E-state index contributed by atoms with van der Waals surface area (Å²) in [4.78, 5) is 24.5. The molecular weight excluding hydrogens is 426 g/mol. The van der Waals surface area contributed by atoms with E-state index in [2.05, 4.69) is 27.9 Å². The molecule has 1 heterocycles. The van der Waals surface area contributed by atoms with Gasteiger partial charge in [-0.2, -0.15) is 0 Å². The Morgan fingerprint density at radius 2 is 1.86 bits per heavy atom. The average Bonchev–Trinajstić information content (AvgIpc) is 2.47. The summed E-state index contributed by atoms with van der Waals surface area (Å²) in [5.74, 6) is -0.335. The minimum atomic E-state index is -1.01. The standard InChI is InChI=1S/C14H15Cl2IN2O2/c15-12(16)14(21)19-7-5-9(6-8-19)18-13(20)10-3-1-2-4-11(10)17/h1-4,9,12H,5-8H2,(H,18,20). The summed E-state index contributed by atoms with van der Waals surface area (Å²) < 4.78 is 0.923. The molecule has 1 aromatic rings. The second kappa shape index (κ2) is 7.65. The molecule has 0 spiro atoms. The van der Waals surface area contributed by atoms with Crippen LogP contribution in [0, 0.1) is 3.57 Å². The molecule has 0 aliphatic carbocycles. The number of nitrogens with one attached hydrogen (secondary N) is 1. The van der Waals surface area contributed by atoms with E-state index < -0.39 is 4.84 Å². The lowest BCUT2D eigenvalue weighted by molar-refractivity contribution is -0.130. The lowest BCUT2D eigenvalue weighted by Crippen LogP contribution is -2.47. The summed E-state index contributed by atoms with van der Waals surface area (Å²) in [6, 6.07) is 7.53. The number of carbonyl (C=O) groups is 2. The van der Waals surface area contributed by atoms with Crippen molar-refractivity contribution >= 4 is 57.6 Å². The number of benzene rings is 1. The predicted octanol–water partition coefficient (Wildman–Crippen LogP) is 2.82. The number of nitrogens with zero attached hydrogens (tertiary/aromatic N) is 1. The van der Waals surface area contributed by atoms with Crippen molar-refractivity contribution in [2.24, 2.45) is 0 Å². The molecule has 1 N–H and O–H groups in total. The maximum absolute atomic E-state index is 12.2. The quantitative estimate of drug-likeness (QED) is 0.580. The molecule has 0 bridgehead atoms. The smallest absolute Gasteiger partial charge is 0.255 e. The van der Waals surface area contributed by atoms with Crippen LogP contribution in [0.25, 0.3) is 0 Å². The van der Waals surface area contributed by atoms with Crippen molar-refractivity contribution in [1.29, 1.82) is 0 Å². The van der Waals surface area contributed by atoms with Crippen LogP contribution in [0.2, 0.25) is 0 Å². The summed E-state index contributed by atoms with van der Waals surface area (Å²) in [7, 11) is 0. The third-order valence-electron chi connectivity index (χ3n) is 3.45. The van der Waals surface area contributed by atoms with Crippen molar-refractivity contribution in [3.8, 4) is 0 Å². The van der Waals surface area contributed by atoms with Crippen LogP contribution in [0.5, 0.6) is 0 Å². The van der Waals surface area contributed by atoms with E-state index >= 15 is 0 Å². The second-order valence-corrected chi connectivity index (χ2v) is 7.11. The van der Waals surface area contributed by atoms with Gasteiger partial charge in [-0.3, -0.25) is 9.59 Å². The van der Waals surface area contributed by atoms with Gasteiger partial charge in [0.2, 0.25) is 0 Å². The fourth-order valence-electron chi connectivity index (χ4n) is 2.29. The summed E-state index contributed by atoms with van der Waals surface area (Å²) in [5, 5.41) is 3.02. The number of likely N-dealkylation sites (tertiary alicyclic amines) is 1. The number of hydrogen-bond acceptors (Lipinski definition) is 2. The number of rotatable bonds is 3. The van der Waals surface area contributed by atoms with Crippen LogP contribution in [0.15, 0.2) is 24.3 Å². The molecule has 0 unspecified atom stereocenters. The summed E-state index contributed by atoms with van der Waals surface area (Å²) in [6.45, 7) is 1.12. The lowest BCUT2D eigenvalue weighted by Gasteiger charge is -2.32. The highest BCUT2D eigenvalue weighted by Crippen LogP contribution is 2.16. The van der Waals surface area contributed by atoms with Crippen molar-refractivity contribution < 1.29 is 9.59 Å². The lowest BCUT2D eigenvalue weighted by atomic mass is 10.0. The first kappa shape index (κ1) is 16.8. The average molecular weight is 441 g/mol. The predicted molar refractivity (Wildman–Crippen MR) is 91.7 cm³/mol. The first-order valence-corrected chi connectivity index (χ1v) is 8.56.